The van der Waals surface area contributed by atoms with Crippen LogP contribution >= 0.6 is 8.35 Å². The highest BCUT2D eigenvalue weighted by molar-refractivity contribution is 7.52. The quantitative estimate of drug-likeness (QED) is 0.390. The van der Waals surface area contributed by atoms with Crippen LogP contribution in [0.1, 0.15) is 0 Å². The highest BCUT2D eigenvalue weighted by Crippen LogP contribution is 2.29. The number of fused-ring (bicyclic) bond motifs is 1. The summed E-state index contributed by atoms with van der Waals surface area (Å²) in [5.74, 6) is 0.0509. The first-order valence-electron chi connectivity index (χ1n) is 2.35. The van der Waals surface area contributed by atoms with Crippen LogP contribution in [-0.4, -0.2) is 28.2 Å². The molecule has 0 spiro atoms. The summed E-state index contributed by atoms with van der Waals surface area (Å²) in [5.41, 5.74) is 0. The van der Waals surface area contributed by atoms with E-state index in [1.54, 1.807) is 4.67 Å². The van der Waals surface area contributed by atoms with E-state index < -0.39 is 0 Å². The maximum absolute atomic E-state index is 10.5. The molecule has 1 atom stereocenters. The van der Waals surface area contributed by atoms with Crippen molar-refractivity contribution in [3.63, 3.8) is 0 Å². The van der Waals surface area contributed by atoms with Crippen molar-refractivity contribution in [1.82, 2.24) is 4.67 Å². The second-order valence-electron chi connectivity index (χ2n) is 1.90. The van der Waals surface area contributed by atoms with E-state index in [0.717, 1.165) is 0 Å². The van der Waals surface area contributed by atoms with Gasteiger partial charge in [0.25, 0.3) is 5.91 Å². The zero-order chi connectivity index (χ0) is 5.72. The Balaban J connectivity index is 2.54. The van der Waals surface area contributed by atoms with Gasteiger partial charge in [-0.2, -0.15) is 0 Å². The molecule has 0 radical (unpaired) electrons. The number of carbonyl (C=O) groups excluding carboxylic acids is 2. The van der Waals surface area contributed by atoms with Gasteiger partial charge in [-0.3, -0.25) is 9.59 Å². The molecule has 1 fully saturated rings. The van der Waals surface area contributed by atoms with E-state index in [0.29, 0.717) is 11.8 Å². The summed E-state index contributed by atoms with van der Waals surface area (Å²) in [4.78, 5) is 21.1. The second-order valence-corrected chi connectivity index (χ2v) is 3.36. The second kappa shape index (κ2) is 1.06. The lowest BCUT2D eigenvalue weighted by Crippen LogP contribution is -2.26. The summed E-state index contributed by atoms with van der Waals surface area (Å²) in [5, 5.41) is 0.588. The molecule has 0 aromatic heterocycles. The van der Waals surface area contributed by atoms with Gasteiger partial charge in [0.15, 0.2) is 5.78 Å². The number of amides is 1. The largest absolute Gasteiger partial charge is 0.316 e. The van der Waals surface area contributed by atoms with Gasteiger partial charge in [0.05, 0.1) is 11.8 Å². The SMILES string of the molecule is O=C1CN2[PH2]=C1C2=O. The first-order chi connectivity index (χ1) is 3.79. The van der Waals surface area contributed by atoms with Crippen LogP contribution in [0.25, 0.3) is 0 Å². The minimum absolute atomic E-state index is 0.00926. The third kappa shape index (κ3) is 0.284. The number of rotatable bonds is 0. The van der Waals surface area contributed by atoms with Crippen molar-refractivity contribution in [2.45, 2.75) is 0 Å². The molecule has 0 aromatic rings. The standard InChI is InChI=1S/C4H4NO2P/c6-2-1-5-4(7)3(2)8-5/h1,8H2. The van der Waals surface area contributed by atoms with E-state index in [4.69, 9.17) is 0 Å². The van der Waals surface area contributed by atoms with Crippen LogP contribution in [0.3, 0.4) is 0 Å². The van der Waals surface area contributed by atoms with Gasteiger partial charge in [-0.1, -0.05) is 0 Å². The van der Waals surface area contributed by atoms with Gasteiger partial charge in [0.1, 0.15) is 0 Å². The normalized spacial score (nSPS) is 27.5. The van der Waals surface area contributed by atoms with E-state index in [-0.39, 0.29) is 20.0 Å². The van der Waals surface area contributed by atoms with Gasteiger partial charge in [0.2, 0.25) is 0 Å². The topological polar surface area (TPSA) is 37.4 Å². The van der Waals surface area contributed by atoms with Crippen LogP contribution in [0.4, 0.5) is 0 Å². The molecule has 3 rings (SSSR count). The Morgan fingerprint density at radius 2 is 2.25 bits per heavy atom. The monoisotopic (exact) mass is 129 g/mol. The summed E-state index contributed by atoms with van der Waals surface area (Å²) >= 11 is 0. The molecule has 0 N–H and O–H groups in total. The Bertz CT molecular complexity index is 210. The lowest BCUT2D eigenvalue weighted by atomic mass is 10.3. The Hall–Kier alpha value is -0.560. The molecular formula is C4H4NO2P. The number of nitrogens with zero attached hydrogens (tertiary/aromatic N) is 1. The van der Waals surface area contributed by atoms with Crippen molar-refractivity contribution in [2.24, 2.45) is 0 Å². The highest BCUT2D eigenvalue weighted by atomic mass is 31.1. The number of carbonyl (C=O) groups is 2. The summed E-state index contributed by atoms with van der Waals surface area (Å²) in [7, 11) is -0.0440. The van der Waals surface area contributed by atoms with E-state index in [2.05, 4.69) is 0 Å². The van der Waals surface area contributed by atoms with Gasteiger partial charge in [-0.05, 0) is 8.35 Å². The van der Waals surface area contributed by atoms with Gasteiger partial charge < -0.3 is 4.67 Å². The fourth-order valence-electron chi connectivity index (χ4n) is 0.907. The summed E-state index contributed by atoms with van der Waals surface area (Å²) in [6, 6.07) is 0. The van der Waals surface area contributed by atoms with Crippen LogP contribution in [-0.2, 0) is 9.59 Å². The lowest BCUT2D eigenvalue weighted by Gasteiger charge is -2.14. The minimum atomic E-state index is -0.0440. The molecule has 3 aliphatic rings. The summed E-state index contributed by atoms with van der Waals surface area (Å²) in [6.45, 7) is 0.378. The van der Waals surface area contributed by atoms with Crippen LogP contribution in [0.2, 0.25) is 0 Å². The zero-order valence-electron chi connectivity index (χ0n) is 4.05. The average molecular weight is 129 g/mol. The van der Waals surface area contributed by atoms with Crippen molar-refractivity contribution in [2.75, 3.05) is 6.54 Å². The predicted octanol–water partition coefficient (Wildman–Crippen LogP) is -1.09. The first kappa shape index (κ1) is 4.33. The molecule has 4 heteroatoms. The maximum Gasteiger partial charge on any atom is 0.262 e. The smallest absolute Gasteiger partial charge is 0.262 e. The molecular weight excluding hydrogens is 125 g/mol. The molecule has 3 aliphatic heterocycles. The van der Waals surface area contributed by atoms with Crippen molar-refractivity contribution in [3.8, 4) is 0 Å². The molecule has 1 unspecified atom stereocenters. The molecule has 1 saturated heterocycles. The van der Waals surface area contributed by atoms with E-state index >= 15 is 0 Å². The number of hydrogen-bond acceptors (Lipinski definition) is 2. The van der Waals surface area contributed by atoms with Crippen molar-refractivity contribution < 1.29 is 9.59 Å². The van der Waals surface area contributed by atoms with Crippen molar-refractivity contribution in [3.05, 3.63) is 0 Å². The van der Waals surface area contributed by atoms with Crippen LogP contribution < -0.4 is 0 Å². The molecule has 0 aromatic carbocycles. The van der Waals surface area contributed by atoms with Gasteiger partial charge in [-0.15, -0.1) is 0 Å². The van der Waals surface area contributed by atoms with Gasteiger partial charge >= 0.3 is 0 Å². The molecule has 8 heavy (non-hydrogen) atoms. The van der Waals surface area contributed by atoms with E-state index in [9.17, 15) is 9.59 Å². The van der Waals surface area contributed by atoms with Gasteiger partial charge in [0, 0.05) is 0 Å². The van der Waals surface area contributed by atoms with Crippen molar-refractivity contribution >= 4 is 25.3 Å². The Kier molecular flexibility index (Phi) is 0.571. The van der Waals surface area contributed by atoms with Crippen molar-refractivity contribution in [1.29, 1.82) is 0 Å². The molecule has 42 valence electrons. The third-order valence-electron chi connectivity index (χ3n) is 1.39. The number of Topliss-reactive ketones (excluding diaryl/α,β-unsaturated/α-hetero) is 1. The van der Waals surface area contributed by atoms with E-state index in [1.165, 1.54) is 0 Å². The number of hydrogen-bond donors (Lipinski definition) is 0. The maximum atomic E-state index is 10.5. The molecule has 0 aliphatic carbocycles. The lowest BCUT2D eigenvalue weighted by molar-refractivity contribution is -0.119. The minimum Gasteiger partial charge on any atom is -0.316 e. The third-order valence-corrected chi connectivity index (χ3v) is 2.95. The van der Waals surface area contributed by atoms with Crippen LogP contribution in [0, 0.1) is 0 Å². The molecule has 3 nitrogen and oxygen atoms in total. The predicted molar refractivity (Wildman–Crippen MR) is 31.4 cm³/mol. The fourth-order valence-corrected chi connectivity index (χ4v) is 2.04. The Labute approximate surface area is 47.1 Å². The van der Waals surface area contributed by atoms with E-state index in [1.807, 2.05) is 0 Å². The molecule has 2 bridgehead atoms. The van der Waals surface area contributed by atoms with Crippen LogP contribution in [0.15, 0.2) is 0 Å². The molecule has 1 amide bonds. The fraction of sp³-hybridized carbons (Fsp3) is 0.250. The highest BCUT2D eigenvalue weighted by Gasteiger charge is 2.40. The van der Waals surface area contributed by atoms with Crippen LogP contribution in [0.5, 0.6) is 0 Å². The number of ketones is 1. The summed E-state index contributed by atoms with van der Waals surface area (Å²) < 4.78 is 1.62. The Morgan fingerprint density at radius 1 is 1.50 bits per heavy atom. The first-order valence-corrected chi connectivity index (χ1v) is 3.44. The average Bonchev–Trinajstić information content (AvgIpc) is 2.19. The molecule has 3 heterocycles. The van der Waals surface area contributed by atoms with Gasteiger partial charge in [-0.25, -0.2) is 0 Å². The Morgan fingerprint density at radius 3 is 2.38 bits per heavy atom. The summed E-state index contributed by atoms with van der Waals surface area (Å²) in [6.07, 6.45) is 0. The zero-order valence-corrected chi connectivity index (χ0v) is 5.20. The molecule has 0 saturated carbocycles.